The van der Waals surface area contributed by atoms with E-state index in [-0.39, 0.29) is 23.4 Å². The van der Waals surface area contributed by atoms with Crippen LogP contribution in [0.3, 0.4) is 0 Å². The molecule has 41 heavy (non-hydrogen) atoms. The molecule has 0 aliphatic rings. The Labute approximate surface area is 268 Å². The summed E-state index contributed by atoms with van der Waals surface area (Å²) in [7, 11) is 0. The van der Waals surface area contributed by atoms with E-state index in [4.69, 9.17) is 0 Å². The van der Waals surface area contributed by atoms with Crippen molar-refractivity contribution >= 4 is 56.7 Å². The Hall–Kier alpha value is -2.92. The molecule has 2 unspecified atom stereocenters. The van der Waals surface area contributed by atoms with Crippen LogP contribution < -0.4 is 0 Å². The molecule has 0 fully saturated rings. The standard InChI is InChI=1S/C34H33I2N3O2/c1-17-29(21(5)40)19(3)37-33(17)31(23-11-7-9-13-25(23)35)27-15-16-28(39-27)32(24-12-8-10-14-26(24)36)34-18(2)30(22(6)41)20(4)38-34/h7-16,31-32,37-39H,1-6H3. The topological polar surface area (TPSA) is 81.5 Å². The number of Topliss-reactive ketones (excluding diaryl/α,β-unsaturated/α-hetero) is 2. The van der Waals surface area contributed by atoms with Gasteiger partial charge in [-0.05, 0) is 133 Å². The van der Waals surface area contributed by atoms with Crippen LogP contribution in [0.15, 0.2) is 60.7 Å². The Balaban J connectivity index is 1.73. The molecule has 0 amide bonds. The fraction of sp³-hybridized carbons (Fsp3) is 0.235. The van der Waals surface area contributed by atoms with E-state index >= 15 is 0 Å². The first kappa shape index (κ1) is 29.6. The number of aryl methyl sites for hydroxylation is 2. The number of rotatable bonds is 8. The molecule has 2 aromatic carbocycles. The van der Waals surface area contributed by atoms with Crippen molar-refractivity contribution in [3.63, 3.8) is 0 Å². The summed E-state index contributed by atoms with van der Waals surface area (Å²) in [6, 6.07) is 21.1. The Bertz CT molecular complexity index is 1660. The number of carbonyl (C=O) groups excluding carboxylic acids is 2. The van der Waals surface area contributed by atoms with Crippen molar-refractivity contribution in [3.8, 4) is 0 Å². The first-order valence-electron chi connectivity index (χ1n) is 13.6. The summed E-state index contributed by atoms with van der Waals surface area (Å²) in [6.07, 6.45) is 0. The van der Waals surface area contributed by atoms with Gasteiger partial charge in [-0.1, -0.05) is 36.4 Å². The van der Waals surface area contributed by atoms with E-state index in [1.54, 1.807) is 13.8 Å². The molecule has 2 atom stereocenters. The van der Waals surface area contributed by atoms with Gasteiger partial charge in [0.15, 0.2) is 11.6 Å². The third-order valence-electron chi connectivity index (χ3n) is 8.02. The van der Waals surface area contributed by atoms with Gasteiger partial charge >= 0.3 is 0 Å². The van der Waals surface area contributed by atoms with Crippen molar-refractivity contribution in [2.45, 2.75) is 53.4 Å². The van der Waals surface area contributed by atoms with Gasteiger partial charge in [0, 0.05) is 52.4 Å². The van der Waals surface area contributed by atoms with E-state index in [2.05, 4.69) is 109 Å². The average molecular weight is 769 g/mol. The lowest BCUT2D eigenvalue weighted by molar-refractivity contribution is 0.100. The normalized spacial score (nSPS) is 12.9. The van der Waals surface area contributed by atoms with E-state index in [9.17, 15) is 9.59 Å². The van der Waals surface area contributed by atoms with Gasteiger partial charge in [-0.25, -0.2) is 0 Å². The van der Waals surface area contributed by atoms with Gasteiger partial charge in [-0.3, -0.25) is 9.59 Å². The number of hydrogen-bond acceptors (Lipinski definition) is 2. The molecule has 5 rings (SSSR count). The predicted molar refractivity (Wildman–Crippen MR) is 182 cm³/mol. The zero-order valence-corrected chi connectivity index (χ0v) is 28.3. The second kappa shape index (κ2) is 11.8. The van der Waals surface area contributed by atoms with Gasteiger partial charge in [0.05, 0.1) is 11.8 Å². The summed E-state index contributed by atoms with van der Waals surface area (Å²) in [5.41, 5.74) is 11.7. The SMILES string of the molecule is CC(=O)c1c(C)[nH]c(C(c2ccc(C(c3ccccc3I)c3[nH]c(C)c(C(C)=O)c3C)[nH]2)c2ccccc2I)c1C. The molecule has 0 saturated heterocycles. The second-order valence-electron chi connectivity index (χ2n) is 10.7. The summed E-state index contributed by atoms with van der Waals surface area (Å²) in [5, 5.41) is 0. The van der Waals surface area contributed by atoms with Crippen LogP contribution in [0.1, 0.15) is 103 Å². The highest BCUT2D eigenvalue weighted by Gasteiger charge is 2.30. The highest BCUT2D eigenvalue weighted by molar-refractivity contribution is 14.1. The number of halogens is 2. The van der Waals surface area contributed by atoms with Crippen LogP contribution in [-0.2, 0) is 0 Å². The van der Waals surface area contributed by atoms with Crippen LogP contribution in [-0.4, -0.2) is 26.5 Å². The van der Waals surface area contributed by atoms with E-state index in [0.29, 0.717) is 0 Å². The molecule has 0 aliphatic heterocycles. The number of benzene rings is 2. The van der Waals surface area contributed by atoms with Gasteiger partial charge in [0.25, 0.3) is 0 Å². The van der Waals surface area contributed by atoms with E-state index in [1.165, 1.54) is 0 Å². The maximum atomic E-state index is 12.6. The molecule has 0 saturated carbocycles. The van der Waals surface area contributed by atoms with E-state index in [1.807, 2.05) is 39.8 Å². The molecule has 0 aliphatic carbocycles. The van der Waals surface area contributed by atoms with Crippen LogP contribution >= 0.6 is 45.2 Å². The Kier molecular flexibility index (Phi) is 8.48. The molecule has 5 aromatic rings. The van der Waals surface area contributed by atoms with Crippen molar-refractivity contribution in [1.29, 1.82) is 0 Å². The Morgan fingerprint density at radius 3 is 1.27 bits per heavy atom. The number of hydrogen-bond donors (Lipinski definition) is 3. The van der Waals surface area contributed by atoms with Crippen LogP contribution in [0, 0.1) is 34.8 Å². The Morgan fingerprint density at radius 2 is 0.951 bits per heavy atom. The zero-order valence-electron chi connectivity index (χ0n) is 24.0. The quantitative estimate of drug-likeness (QED) is 0.109. The van der Waals surface area contributed by atoms with Crippen LogP contribution in [0.4, 0.5) is 0 Å². The van der Waals surface area contributed by atoms with Gasteiger partial charge < -0.3 is 15.0 Å². The number of aromatic nitrogens is 3. The number of H-pyrrole nitrogens is 3. The number of ketones is 2. The molecular formula is C34H33I2N3O2. The molecule has 3 heterocycles. The number of carbonyl (C=O) groups is 2. The molecular weight excluding hydrogens is 736 g/mol. The minimum absolute atomic E-state index is 0.0637. The third kappa shape index (κ3) is 5.38. The Morgan fingerprint density at radius 1 is 0.585 bits per heavy atom. The minimum Gasteiger partial charge on any atom is -0.361 e. The van der Waals surface area contributed by atoms with Crippen LogP contribution in [0.5, 0.6) is 0 Å². The first-order valence-corrected chi connectivity index (χ1v) is 15.7. The van der Waals surface area contributed by atoms with Crippen molar-refractivity contribution < 1.29 is 9.59 Å². The molecule has 0 spiro atoms. The molecule has 5 nitrogen and oxygen atoms in total. The lowest BCUT2D eigenvalue weighted by Gasteiger charge is -2.21. The highest BCUT2D eigenvalue weighted by atomic mass is 127. The van der Waals surface area contributed by atoms with Gasteiger partial charge in [-0.15, -0.1) is 0 Å². The average Bonchev–Trinajstić information content (AvgIpc) is 3.58. The summed E-state index contributed by atoms with van der Waals surface area (Å²) >= 11 is 4.79. The fourth-order valence-electron chi connectivity index (χ4n) is 6.32. The van der Waals surface area contributed by atoms with Crippen molar-refractivity contribution in [1.82, 2.24) is 15.0 Å². The molecule has 0 radical (unpaired) electrons. The van der Waals surface area contributed by atoms with Gasteiger partial charge in [0.1, 0.15) is 0 Å². The predicted octanol–water partition coefficient (Wildman–Crippen LogP) is 8.88. The van der Waals surface area contributed by atoms with Crippen molar-refractivity contribution in [2.75, 3.05) is 0 Å². The van der Waals surface area contributed by atoms with Gasteiger partial charge in [0.2, 0.25) is 0 Å². The van der Waals surface area contributed by atoms with Crippen molar-refractivity contribution in [3.05, 3.63) is 135 Å². The second-order valence-corrected chi connectivity index (χ2v) is 13.0. The minimum atomic E-state index is -0.126. The highest BCUT2D eigenvalue weighted by Crippen LogP contribution is 2.41. The summed E-state index contributed by atoms with van der Waals surface area (Å²) in [5.74, 6) is -0.126. The maximum absolute atomic E-state index is 12.6. The summed E-state index contributed by atoms with van der Waals surface area (Å²) in [4.78, 5) is 36.1. The molecule has 0 bridgehead atoms. The maximum Gasteiger partial charge on any atom is 0.161 e. The molecule has 7 heteroatoms. The largest absolute Gasteiger partial charge is 0.361 e. The zero-order chi connectivity index (χ0) is 29.6. The summed E-state index contributed by atoms with van der Waals surface area (Å²) < 4.78 is 2.30. The fourth-order valence-corrected chi connectivity index (χ4v) is 7.72. The first-order chi connectivity index (χ1) is 19.5. The monoisotopic (exact) mass is 769 g/mol. The lowest BCUT2D eigenvalue weighted by atomic mass is 9.89. The van der Waals surface area contributed by atoms with Crippen molar-refractivity contribution in [2.24, 2.45) is 0 Å². The molecule has 3 aromatic heterocycles. The smallest absolute Gasteiger partial charge is 0.161 e. The molecule has 3 N–H and O–H groups in total. The number of aromatic amines is 3. The van der Waals surface area contributed by atoms with E-state index < -0.39 is 0 Å². The van der Waals surface area contributed by atoms with Crippen LogP contribution in [0.25, 0.3) is 0 Å². The summed E-state index contributed by atoms with van der Waals surface area (Å²) in [6.45, 7) is 11.3. The molecule has 210 valence electrons. The van der Waals surface area contributed by atoms with Crippen LogP contribution in [0.2, 0.25) is 0 Å². The van der Waals surface area contributed by atoms with E-state index in [0.717, 1.165) is 74.7 Å². The third-order valence-corrected chi connectivity index (χ3v) is 9.98. The lowest BCUT2D eigenvalue weighted by Crippen LogP contribution is -2.11. The number of nitrogens with one attached hydrogen (secondary N) is 3. The van der Waals surface area contributed by atoms with Gasteiger partial charge in [-0.2, -0.15) is 0 Å².